The highest BCUT2D eigenvalue weighted by molar-refractivity contribution is 7.13. The SMILES string of the molecule is CCCNC(c1cnc(C(F)(F)F)s1)c1scc(C)c1Cl. The Morgan fingerprint density at radius 3 is 2.62 bits per heavy atom. The van der Waals surface area contributed by atoms with E-state index < -0.39 is 11.2 Å². The van der Waals surface area contributed by atoms with Gasteiger partial charge in [-0.3, -0.25) is 0 Å². The highest BCUT2D eigenvalue weighted by Crippen LogP contribution is 2.40. The molecule has 0 aliphatic heterocycles. The molecule has 8 heteroatoms. The van der Waals surface area contributed by atoms with Crippen LogP contribution in [0.2, 0.25) is 5.02 Å². The van der Waals surface area contributed by atoms with Gasteiger partial charge in [0.25, 0.3) is 0 Å². The molecule has 0 bridgehead atoms. The summed E-state index contributed by atoms with van der Waals surface area (Å²) in [5.41, 5.74) is 0.931. The molecular weight excluding hydrogens is 341 g/mol. The minimum absolute atomic E-state index is 0.343. The quantitative estimate of drug-likeness (QED) is 0.790. The van der Waals surface area contributed by atoms with Crippen molar-refractivity contribution < 1.29 is 13.2 Å². The number of rotatable bonds is 5. The van der Waals surface area contributed by atoms with E-state index in [4.69, 9.17) is 11.6 Å². The van der Waals surface area contributed by atoms with E-state index in [-0.39, 0.29) is 6.04 Å². The number of nitrogens with one attached hydrogen (secondary N) is 1. The van der Waals surface area contributed by atoms with Gasteiger partial charge in [-0.2, -0.15) is 13.2 Å². The molecular formula is C13H14ClF3N2S2. The van der Waals surface area contributed by atoms with Gasteiger partial charge in [0.1, 0.15) is 0 Å². The van der Waals surface area contributed by atoms with E-state index >= 15 is 0 Å². The van der Waals surface area contributed by atoms with Crippen LogP contribution in [0.4, 0.5) is 13.2 Å². The van der Waals surface area contributed by atoms with Gasteiger partial charge in [0.05, 0.1) is 11.1 Å². The molecule has 2 rings (SSSR count). The van der Waals surface area contributed by atoms with Gasteiger partial charge in [-0.15, -0.1) is 22.7 Å². The third-order valence-corrected chi connectivity index (χ3v) is 5.72. The first kappa shape index (κ1) is 16.7. The van der Waals surface area contributed by atoms with Crippen molar-refractivity contribution >= 4 is 34.3 Å². The number of thiazole rings is 1. The Balaban J connectivity index is 2.36. The molecule has 1 unspecified atom stereocenters. The lowest BCUT2D eigenvalue weighted by molar-refractivity contribution is -0.137. The lowest BCUT2D eigenvalue weighted by Gasteiger charge is -2.16. The maximum absolute atomic E-state index is 12.7. The highest BCUT2D eigenvalue weighted by atomic mass is 35.5. The van der Waals surface area contributed by atoms with Crippen molar-refractivity contribution in [2.24, 2.45) is 0 Å². The molecule has 0 radical (unpaired) electrons. The fourth-order valence-electron chi connectivity index (χ4n) is 1.81. The number of hydrogen-bond donors (Lipinski definition) is 1. The van der Waals surface area contributed by atoms with Crippen LogP contribution < -0.4 is 5.32 Å². The average molecular weight is 355 g/mol. The van der Waals surface area contributed by atoms with Crippen LogP contribution >= 0.6 is 34.3 Å². The zero-order chi connectivity index (χ0) is 15.6. The average Bonchev–Trinajstić information content (AvgIpc) is 3.01. The monoisotopic (exact) mass is 354 g/mol. The molecule has 2 nitrogen and oxygen atoms in total. The summed E-state index contributed by atoms with van der Waals surface area (Å²) in [7, 11) is 0. The van der Waals surface area contributed by atoms with Crippen molar-refractivity contribution in [3.8, 4) is 0 Å². The molecule has 1 N–H and O–H groups in total. The van der Waals surface area contributed by atoms with Gasteiger partial charge in [-0.05, 0) is 30.8 Å². The highest BCUT2D eigenvalue weighted by Gasteiger charge is 2.35. The maximum Gasteiger partial charge on any atom is 0.443 e. The fourth-order valence-corrected chi connectivity index (χ4v) is 4.14. The Hall–Kier alpha value is -0.630. The zero-order valence-corrected chi connectivity index (χ0v) is 13.8. The number of nitrogens with zero attached hydrogens (tertiary/aromatic N) is 1. The van der Waals surface area contributed by atoms with E-state index in [2.05, 4.69) is 10.3 Å². The molecule has 116 valence electrons. The normalized spacial score (nSPS) is 13.6. The van der Waals surface area contributed by atoms with E-state index in [0.29, 0.717) is 27.8 Å². The van der Waals surface area contributed by atoms with Gasteiger partial charge in [0.2, 0.25) is 0 Å². The van der Waals surface area contributed by atoms with Crippen LogP contribution in [0.5, 0.6) is 0 Å². The summed E-state index contributed by atoms with van der Waals surface area (Å²) in [6.45, 7) is 4.57. The summed E-state index contributed by atoms with van der Waals surface area (Å²) >= 11 is 8.37. The van der Waals surface area contributed by atoms with Crippen LogP contribution in [0, 0.1) is 6.92 Å². The Morgan fingerprint density at radius 1 is 1.43 bits per heavy atom. The minimum Gasteiger partial charge on any atom is -0.305 e. The van der Waals surface area contributed by atoms with Gasteiger partial charge in [0, 0.05) is 16.0 Å². The molecule has 0 amide bonds. The maximum atomic E-state index is 12.7. The van der Waals surface area contributed by atoms with Crippen LogP contribution in [0.25, 0.3) is 0 Å². The van der Waals surface area contributed by atoms with Gasteiger partial charge >= 0.3 is 6.18 Å². The molecule has 0 saturated carbocycles. The topological polar surface area (TPSA) is 24.9 Å². The number of alkyl halides is 3. The Bertz CT molecular complexity index is 607. The predicted octanol–water partition coefficient (Wildman–Crippen LogP) is 5.27. The molecule has 0 aliphatic rings. The summed E-state index contributed by atoms with van der Waals surface area (Å²) in [6.07, 6.45) is -2.25. The minimum atomic E-state index is -4.41. The smallest absolute Gasteiger partial charge is 0.305 e. The standard InChI is InChI=1S/C13H14ClF3N2S2/c1-3-4-18-10(11-9(14)7(2)6-20-11)8-5-19-12(21-8)13(15,16)17/h5-6,10,18H,3-4H2,1-2H3. The van der Waals surface area contributed by atoms with Crippen LogP contribution in [0.3, 0.4) is 0 Å². The third-order valence-electron chi connectivity index (χ3n) is 2.84. The van der Waals surface area contributed by atoms with Crippen molar-refractivity contribution in [3.05, 3.63) is 36.9 Å². The molecule has 0 saturated heterocycles. The number of aromatic nitrogens is 1. The molecule has 0 spiro atoms. The molecule has 0 aliphatic carbocycles. The van der Waals surface area contributed by atoms with Gasteiger partial charge in [-0.1, -0.05) is 18.5 Å². The largest absolute Gasteiger partial charge is 0.443 e. The number of thiophene rings is 1. The molecule has 21 heavy (non-hydrogen) atoms. The van der Waals surface area contributed by atoms with Crippen LogP contribution in [0.1, 0.15) is 39.7 Å². The molecule has 2 aromatic rings. The lowest BCUT2D eigenvalue weighted by atomic mass is 10.2. The number of halogens is 4. The van der Waals surface area contributed by atoms with Crippen molar-refractivity contribution in [3.63, 3.8) is 0 Å². The molecule has 0 fully saturated rings. The van der Waals surface area contributed by atoms with Crippen molar-refractivity contribution in [2.75, 3.05) is 6.54 Å². The van der Waals surface area contributed by atoms with E-state index in [1.54, 1.807) is 0 Å². The van der Waals surface area contributed by atoms with Crippen LogP contribution in [0.15, 0.2) is 11.6 Å². The summed E-state index contributed by atoms with van der Waals surface area (Å²) < 4.78 is 38.1. The van der Waals surface area contributed by atoms with E-state index in [0.717, 1.165) is 16.9 Å². The lowest BCUT2D eigenvalue weighted by Crippen LogP contribution is -2.21. The van der Waals surface area contributed by atoms with Crippen LogP contribution in [-0.4, -0.2) is 11.5 Å². The van der Waals surface area contributed by atoms with Crippen molar-refractivity contribution in [1.82, 2.24) is 10.3 Å². The third kappa shape index (κ3) is 3.77. The number of aryl methyl sites for hydroxylation is 1. The van der Waals surface area contributed by atoms with Crippen LogP contribution in [-0.2, 0) is 6.18 Å². The first-order valence-electron chi connectivity index (χ1n) is 6.34. The second-order valence-electron chi connectivity index (χ2n) is 4.55. The van der Waals surface area contributed by atoms with Crippen molar-refractivity contribution in [1.29, 1.82) is 0 Å². The van der Waals surface area contributed by atoms with E-state index in [1.807, 2.05) is 19.2 Å². The Morgan fingerprint density at radius 2 is 2.14 bits per heavy atom. The Labute approximate surface area is 134 Å². The van der Waals surface area contributed by atoms with Gasteiger partial charge < -0.3 is 5.32 Å². The Kier molecular flexibility index (Phi) is 5.29. The molecule has 2 aromatic heterocycles. The second kappa shape index (κ2) is 6.64. The molecule has 0 aromatic carbocycles. The fraction of sp³-hybridized carbons (Fsp3) is 0.462. The summed E-state index contributed by atoms with van der Waals surface area (Å²) in [5.74, 6) is 0. The first-order chi connectivity index (χ1) is 9.84. The molecule has 1 atom stereocenters. The van der Waals surface area contributed by atoms with Gasteiger partial charge in [-0.25, -0.2) is 4.98 Å². The van der Waals surface area contributed by atoms with Crippen molar-refractivity contribution in [2.45, 2.75) is 32.5 Å². The van der Waals surface area contributed by atoms with E-state index in [9.17, 15) is 13.2 Å². The number of hydrogen-bond acceptors (Lipinski definition) is 4. The molecule has 2 heterocycles. The summed E-state index contributed by atoms with van der Waals surface area (Å²) in [6, 6.07) is -0.343. The zero-order valence-electron chi connectivity index (χ0n) is 11.4. The van der Waals surface area contributed by atoms with Gasteiger partial charge in [0.15, 0.2) is 5.01 Å². The second-order valence-corrected chi connectivity index (χ2v) is 6.90. The first-order valence-corrected chi connectivity index (χ1v) is 8.41. The predicted molar refractivity (Wildman–Crippen MR) is 81.3 cm³/mol. The van der Waals surface area contributed by atoms with E-state index in [1.165, 1.54) is 17.5 Å². The summed E-state index contributed by atoms with van der Waals surface area (Å²) in [5, 5.41) is 4.94. The summed E-state index contributed by atoms with van der Waals surface area (Å²) in [4.78, 5) is 4.85.